The van der Waals surface area contributed by atoms with Crippen LogP contribution >= 0.6 is 0 Å². The molecule has 0 radical (unpaired) electrons. The van der Waals surface area contributed by atoms with Crippen molar-refractivity contribution in [3.63, 3.8) is 0 Å². The number of hydrogen-bond acceptors (Lipinski definition) is 4. The van der Waals surface area contributed by atoms with Gasteiger partial charge in [-0.15, -0.1) is 0 Å². The zero-order valence-electron chi connectivity index (χ0n) is 10.7. The molecule has 2 N–H and O–H groups in total. The predicted octanol–water partition coefficient (Wildman–Crippen LogP) is 1.47. The first-order valence-corrected chi connectivity index (χ1v) is 6.09. The molecule has 0 spiro atoms. The summed E-state index contributed by atoms with van der Waals surface area (Å²) in [5.74, 6) is -1.56. The number of piperazine rings is 1. The lowest BCUT2D eigenvalue weighted by atomic mass is 10.1. The van der Waals surface area contributed by atoms with E-state index < -0.39 is 11.6 Å². The van der Waals surface area contributed by atoms with E-state index in [-0.39, 0.29) is 11.6 Å². The van der Waals surface area contributed by atoms with Gasteiger partial charge in [-0.1, -0.05) is 6.92 Å². The number of likely N-dealkylation sites (N-methyl/N-ethyl adjacent to an activating group) is 1. The van der Waals surface area contributed by atoms with Gasteiger partial charge in [0, 0.05) is 31.7 Å². The minimum Gasteiger partial charge on any atom is -0.381 e. The van der Waals surface area contributed by atoms with E-state index in [2.05, 4.69) is 16.8 Å². The molecule has 2 rings (SSSR count). The molecule has 100 valence electrons. The van der Waals surface area contributed by atoms with Crippen molar-refractivity contribution in [2.75, 3.05) is 37.3 Å². The van der Waals surface area contributed by atoms with Gasteiger partial charge in [-0.3, -0.25) is 4.90 Å². The molecule has 1 unspecified atom stereocenters. The quantitative estimate of drug-likeness (QED) is 0.870. The third-order valence-electron chi connectivity index (χ3n) is 3.49. The van der Waals surface area contributed by atoms with E-state index in [4.69, 9.17) is 5.73 Å². The zero-order chi connectivity index (χ0) is 13.3. The molecular formula is C12H18F2N4. The van der Waals surface area contributed by atoms with E-state index in [1.807, 2.05) is 11.9 Å². The van der Waals surface area contributed by atoms with Crippen LogP contribution in [0.2, 0.25) is 0 Å². The van der Waals surface area contributed by atoms with Crippen molar-refractivity contribution in [2.24, 2.45) is 0 Å². The van der Waals surface area contributed by atoms with Crippen LogP contribution in [0.3, 0.4) is 0 Å². The Morgan fingerprint density at radius 3 is 2.78 bits per heavy atom. The first-order chi connectivity index (χ1) is 8.52. The summed E-state index contributed by atoms with van der Waals surface area (Å²) in [6, 6.07) is 1.16. The molecule has 1 aliphatic rings. The second-order valence-corrected chi connectivity index (χ2v) is 4.65. The topological polar surface area (TPSA) is 45.4 Å². The molecular weight excluding hydrogens is 238 g/mol. The fourth-order valence-corrected chi connectivity index (χ4v) is 2.27. The first kappa shape index (κ1) is 13.0. The average Bonchev–Trinajstić information content (AvgIpc) is 2.35. The fourth-order valence-electron chi connectivity index (χ4n) is 2.27. The van der Waals surface area contributed by atoms with Gasteiger partial charge in [0.15, 0.2) is 23.3 Å². The minimum atomic E-state index is -0.808. The molecule has 1 fully saturated rings. The van der Waals surface area contributed by atoms with Gasteiger partial charge in [0.25, 0.3) is 0 Å². The van der Waals surface area contributed by atoms with Crippen LogP contribution < -0.4 is 10.6 Å². The van der Waals surface area contributed by atoms with Crippen LogP contribution in [0.25, 0.3) is 0 Å². The Balaban J connectivity index is 2.24. The second kappa shape index (κ2) is 5.06. The van der Waals surface area contributed by atoms with Crippen LogP contribution in [-0.2, 0) is 0 Å². The van der Waals surface area contributed by atoms with Crippen molar-refractivity contribution in [2.45, 2.75) is 19.4 Å². The highest BCUT2D eigenvalue weighted by molar-refractivity contribution is 5.47. The Morgan fingerprint density at radius 1 is 1.39 bits per heavy atom. The number of rotatable bonds is 2. The molecule has 0 amide bonds. The van der Waals surface area contributed by atoms with Gasteiger partial charge in [0.1, 0.15) is 0 Å². The van der Waals surface area contributed by atoms with Crippen LogP contribution in [0, 0.1) is 11.6 Å². The normalized spacial score (nSPS) is 21.3. The molecule has 0 aromatic carbocycles. The lowest BCUT2D eigenvalue weighted by molar-refractivity contribution is 0.212. The summed E-state index contributed by atoms with van der Waals surface area (Å²) in [6.45, 7) is 4.27. The van der Waals surface area contributed by atoms with Crippen LogP contribution in [0.15, 0.2) is 6.07 Å². The summed E-state index contributed by atoms with van der Waals surface area (Å²) in [6.07, 6.45) is 0.977. The predicted molar refractivity (Wildman–Crippen MR) is 67.5 cm³/mol. The molecule has 1 aromatic heterocycles. The van der Waals surface area contributed by atoms with E-state index >= 15 is 0 Å². The average molecular weight is 256 g/mol. The van der Waals surface area contributed by atoms with Crippen LogP contribution in [-0.4, -0.2) is 42.6 Å². The van der Waals surface area contributed by atoms with E-state index in [1.165, 1.54) is 0 Å². The number of halogens is 2. The monoisotopic (exact) mass is 256 g/mol. The van der Waals surface area contributed by atoms with Gasteiger partial charge in [-0.25, -0.2) is 13.8 Å². The Labute approximate surface area is 105 Å². The molecule has 0 saturated carbocycles. The molecule has 1 atom stereocenters. The van der Waals surface area contributed by atoms with Crippen molar-refractivity contribution in [3.8, 4) is 0 Å². The van der Waals surface area contributed by atoms with Crippen molar-refractivity contribution in [3.05, 3.63) is 17.7 Å². The molecule has 0 aliphatic carbocycles. The lowest BCUT2D eigenvalue weighted by Gasteiger charge is -2.39. The summed E-state index contributed by atoms with van der Waals surface area (Å²) >= 11 is 0. The maximum atomic E-state index is 13.7. The number of pyridine rings is 1. The number of nitrogen functional groups attached to an aromatic ring is 1. The van der Waals surface area contributed by atoms with Gasteiger partial charge in [0.05, 0.1) is 0 Å². The van der Waals surface area contributed by atoms with Crippen molar-refractivity contribution in [1.29, 1.82) is 0 Å². The Morgan fingerprint density at radius 2 is 2.11 bits per heavy atom. The number of nitrogens with zero attached hydrogens (tertiary/aromatic N) is 3. The lowest BCUT2D eigenvalue weighted by Crippen LogP contribution is -2.51. The summed E-state index contributed by atoms with van der Waals surface area (Å²) in [4.78, 5) is 7.89. The SMILES string of the molecule is CCC1CN(c2nc(N)c(F)cc2F)CCN1C. The number of nitrogens with two attached hydrogens (primary N) is 1. The maximum Gasteiger partial charge on any atom is 0.168 e. The molecule has 18 heavy (non-hydrogen) atoms. The van der Waals surface area contributed by atoms with Gasteiger partial charge in [0.2, 0.25) is 0 Å². The number of anilines is 2. The van der Waals surface area contributed by atoms with Crippen LogP contribution in [0.4, 0.5) is 20.4 Å². The summed E-state index contributed by atoms with van der Waals surface area (Å²) < 4.78 is 26.8. The molecule has 6 heteroatoms. The highest BCUT2D eigenvalue weighted by atomic mass is 19.1. The van der Waals surface area contributed by atoms with Crippen molar-refractivity contribution >= 4 is 11.6 Å². The maximum absolute atomic E-state index is 13.7. The molecule has 4 nitrogen and oxygen atoms in total. The standard InChI is InChI=1S/C12H18F2N4/c1-3-8-7-18(5-4-17(8)2)12-10(14)6-9(13)11(15)16-12/h6,8H,3-5,7H2,1-2H3,(H2,15,16). The Hall–Kier alpha value is -1.43. The van der Waals surface area contributed by atoms with Crippen LogP contribution in [0.5, 0.6) is 0 Å². The van der Waals surface area contributed by atoms with E-state index in [1.54, 1.807) is 0 Å². The van der Waals surface area contributed by atoms with Gasteiger partial charge < -0.3 is 10.6 Å². The van der Waals surface area contributed by atoms with Crippen molar-refractivity contribution in [1.82, 2.24) is 9.88 Å². The molecule has 0 bridgehead atoms. The van der Waals surface area contributed by atoms with E-state index in [0.717, 1.165) is 19.0 Å². The van der Waals surface area contributed by atoms with Crippen molar-refractivity contribution < 1.29 is 8.78 Å². The van der Waals surface area contributed by atoms with E-state index in [0.29, 0.717) is 19.1 Å². The highest BCUT2D eigenvalue weighted by Gasteiger charge is 2.26. The second-order valence-electron chi connectivity index (χ2n) is 4.65. The summed E-state index contributed by atoms with van der Waals surface area (Å²) in [7, 11) is 2.05. The van der Waals surface area contributed by atoms with Gasteiger partial charge in [-0.2, -0.15) is 0 Å². The van der Waals surface area contributed by atoms with Crippen LogP contribution in [0.1, 0.15) is 13.3 Å². The Bertz CT molecular complexity index is 438. The summed E-state index contributed by atoms with van der Waals surface area (Å²) in [5.41, 5.74) is 5.40. The zero-order valence-corrected chi connectivity index (χ0v) is 10.7. The summed E-state index contributed by atoms with van der Waals surface area (Å²) in [5, 5.41) is 0. The molecule has 1 aromatic rings. The highest BCUT2D eigenvalue weighted by Crippen LogP contribution is 2.23. The molecule has 1 saturated heterocycles. The third kappa shape index (κ3) is 2.38. The fraction of sp³-hybridized carbons (Fsp3) is 0.583. The first-order valence-electron chi connectivity index (χ1n) is 6.09. The smallest absolute Gasteiger partial charge is 0.168 e. The van der Waals surface area contributed by atoms with Gasteiger partial charge >= 0.3 is 0 Å². The van der Waals surface area contributed by atoms with E-state index in [9.17, 15) is 8.78 Å². The number of aromatic nitrogens is 1. The third-order valence-corrected chi connectivity index (χ3v) is 3.49. The number of hydrogen-bond donors (Lipinski definition) is 1. The molecule has 2 heterocycles. The molecule has 1 aliphatic heterocycles. The largest absolute Gasteiger partial charge is 0.381 e. The minimum absolute atomic E-state index is 0.153. The Kier molecular flexibility index (Phi) is 3.65. The van der Waals surface area contributed by atoms with Gasteiger partial charge in [-0.05, 0) is 13.5 Å².